The molecule has 8 heavy (non-hydrogen) atoms. The van der Waals surface area contributed by atoms with Crippen molar-refractivity contribution in [1.29, 1.82) is 0 Å². The lowest BCUT2D eigenvalue weighted by Gasteiger charge is -1.88. The highest BCUT2D eigenvalue weighted by atomic mass is 35.5. The Morgan fingerprint density at radius 3 is 2.62 bits per heavy atom. The molecule has 0 heterocycles. The lowest BCUT2D eigenvalue weighted by atomic mass is 11.0. The van der Waals surface area contributed by atoms with Crippen LogP contribution < -0.4 is 0 Å². The number of nitrogens with zero attached hydrogens (tertiary/aromatic N) is 1. The summed E-state index contributed by atoms with van der Waals surface area (Å²) in [6, 6.07) is 0. The van der Waals surface area contributed by atoms with Crippen LogP contribution in [0.15, 0.2) is 4.51 Å². The van der Waals surface area contributed by atoms with Gasteiger partial charge in [0.2, 0.25) is 0 Å². The molecule has 0 atom stereocenters. The second-order valence-electron chi connectivity index (χ2n) is 0.875. The first-order valence-corrected chi connectivity index (χ1v) is 4.08. The van der Waals surface area contributed by atoms with E-state index in [1.165, 1.54) is 11.8 Å². The van der Waals surface area contributed by atoms with E-state index in [2.05, 4.69) is 4.51 Å². The standard InChI is InChI=1S/C3H4Cl3NS/c4-1-2-8-3(5)7-6/h1-2H2/b7-3+. The smallest absolute Gasteiger partial charge is 0.158 e. The third-order valence-electron chi connectivity index (χ3n) is 0.365. The lowest BCUT2D eigenvalue weighted by molar-refractivity contribution is 1.55. The molecule has 0 aromatic heterocycles. The molecule has 0 bridgehead atoms. The van der Waals surface area contributed by atoms with Gasteiger partial charge in [-0.2, -0.15) is 4.51 Å². The minimum Gasteiger partial charge on any atom is -0.158 e. The van der Waals surface area contributed by atoms with Gasteiger partial charge >= 0.3 is 0 Å². The molecule has 0 radical (unpaired) electrons. The van der Waals surface area contributed by atoms with Crippen LogP contribution in [0.4, 0.5) is 0 Å². The monoisotopic (exact) mass is 191 g/mol. The third kappa shape index (κ3) is 5.04. The van der Waals surface area contributed by atoms with Gasteiger partial charge in [0.05, 0.1) is 0 Å². The van der Waals surface area contributed by atoms with Crippen molar-refractivity contribution in [3.8, 4) is 0 Å². The maximum absolute atomic E-state index is 5.37. The fourth-order valence-corrected chi connectivity index (χ4v) is 1.05. The van der Waals surface area contributed by atoms with Crippen LogP contribution in [0.2, 0.25) is 0 Å². The Morgan fingerprint density at radius 2 is 2.25 bits per heavy atom. The van der Waals surface area contributed by atoms with E-state index in [-0.39, 0.29) is 0 Å². The Kier molecular flexibility index (Phi) is 6.69. The number of alkyl halides is 1. The molecule has 0 saturated heterocycles. The van der Waals surface area contributed by atoms with Crippen LogP contribution in [0, 0.1) is 0 Å². The molecule has 0 fully saturated rings. The molecule has 0 spiro atoms. The molecule has 0 aliphatic rings. The van der Waals surface area contributed by atoms with E-state index in [1.54, 1.807) is 0 Å². The van der Waals surface area contributed by atoms with E-state index in [4.69, 9.17) is 35.0 Å². The summed E-state index contributed by atoms with van der Waals surface area (Å²) >= 11 is 17.0. The van der Waals surface area contributed by atoms with Gasteiger partial charge in [0, 0.05) is 23.4 Å². The molecule has 0 aliphatic heterocycles. The van der Waals surface area contributed by atoms with Crippen LogP contribution >= 0.6 is 46.7 Å². The molecule has 0 aliphatic carbocycles. The zero-order valence-electron chi connectivity index (χ0n) is 3.90. The summed E-state index contributed by atoms with van der Waals surface area (Å²) < 4.78 is 3.52. The molecular formula is C3H4Cl3NS. The fourth-order valence-electron chi connectivity index (χ4n) is 0.147. The van der Waals surface area contributed by atoms with Gasteiger partial charge in [-0.15, -0.1) is 11.6 Å². The van der Waals surface area contributed by atoms with Gasteiger partial charge < -0.3 is 0 Å². The van der Waals surface area contributed by atoms with Crippen molar-refractivity contribution in [1.82, 2.24) is 0 Å². The quantitative estimate of drug-likeness (QED) is 0.372. The maximum Gasteiger partial charge on any atom is 0.177 e. The van der Waals surface area contributed by atoms with Gasteiger partial charge in [0.15, 0.2) is 4.50 Å². The summed E-state index contributed by atoms with van der Waals surface area (Å²) in [6.07, 6.45) is 0. The third-order valence-corrected chi connectivity index (χ3v) is 2.28. The Labute approximate surface area is 67.5 Å². The van der Waals surface area contributed by atoms with E-state index >= 15 is 0 Å². The largest absolute Gasteiger partial charge is 0.177 e. The Morgan fingerprint density at radius 1 is 1.62 bits per heavy atom. The second-order valence-corrected chi connectivity index (χ2v) is 3.09. The molecule has 0 amide bonds. The molecule has 0 N–H and O–H groups in total. The number of thioether (sulfide) groups is 1. The van der Waals surface area contributed by atoms with Crippen molar-refractivity contribution in [2.24, 2.45) is 4.51 Å². The van der Waals surface area contributed by atoms with Crippen molar-refractivity contribution in [2.75, 3.05) is 11.6 Å². The van der Waals surface area contributed by atoms with Crippen LogP contribution in [0.3, 0.4) is 0 Å². The van der Waals surface area contributed by atoms with Crippen molar-refractivity contribution in [2.45, 2.75) is 0 Å². The summed E-state index contributed by atoms with van der Waals surface area (Å²) in [5, 5.41) is 0. The normalized spacial score (nSPS) is 12.1. The van der Waals surface area contributed by atoms with Crippen LogP contribution in [0.1, 0.15) is 0 Å². The van der Waals surface area contributed by atoms with Gasteiger partial charge in [0.25, 0.3) is 0 Å². The van der Waals surface area contributed by atoms with Gasteiger partial charge in [-0.25, -0.2) is 0 Å². The predicted octanol–water partition coefficient (Wildman–Crippen LogP) is 2.71. The van der Waals surface area contributed by atoms with E-state index < -0.39 is 0 Å². The van der Waals surface area contributed by atoms with Gasteiger partial charge in [-0.3, -0.25) is 0 Å². The predicted molar refractivity (Wildman–Crippen MR) is 42.3 cm³/mol. The molecule has 0 aromatic carbocycles. The van der Waals surface area contributed by atoms with Crippen LogP contribution in [-0.4, -0.2) is 16.1 Å². The summed E-state index contributed by atoms with van der Waals surface area (Å²) in [5.41, 5.74) is 0. The van der Waals surface area contributed by atoms with Gasteiger partial charge in [0.1, 0.15) is 0 Å². The maximum atomic E-state index is 5.37. The zero-order chi connectivity index (χ0) is 6.41. The summed E-state index contributed by atoms with van der Waals surface area (Å²) in [4.78, 5) is 0. The lowest BCUT2D eigenvalue weighted by Crippen LogP contribution is -1.82. The van der Waals surface area contributed by atoms with E-state index in [1.807, 2.05) is 0 Å². The second kappa shape index (κ2) is 6.02. The molecular weight excluding hydrogens is 188 g/mol. The number of rotatable bonds is 2. The highest BCUT2D eigenvalue weighted by Gasteiger charge is 1.90. The number of hydrogen-bond acceptors (Lipinski definition) is 2. The molecule has 5 heteroatoms. The SMILES string of the molecule is ClCCS/C(Cl)=N/Cl. The zero-order valence-corrected chi connectivity index (χ0v) is 6.99. The molecule has 0 unspecified atom stereocenters. The summed E-state index contributed by atoms with van der Waals surface area (Å²) in [7, 11) is 0. The Balaban J connectivity index is 3.12. The van der Waals surface area contributed by atoms with Gasteiger partial charge in [-0.05, 0) is 0 Å². The average Bonchev–Trinajstić information content (AvgIpc) is 1.83. The highest BCUT2D eigenvalue weighted by molar-refractivity contribution is 8.16. The first-order valence-electron chi connectivity index (χ1n) is 1.84. The van der Waals surface area contributed by atoms with Crippen LogP contribution in [-0.2, 0) is 0 Å². The first kappa shape index (κ1) is 8.89. The molecule has 0 aromatic rings. The van der Waals surface area contributed by atoms with E-state index in [0.29, 0.717) is 10.4 Å². The number of hydrogen-bond donors (Lipinski definition) is 0. The van der Waals surface area contributed by atoms with E-state index in [0.717, 1.165) is 5.75 Å². The first-order chi connectivity index (χ1) is 3.81. The molecule has 48 valence electrons. The molecule has 0 rings (SSSR count). The fraction of sp³-hybridized carbons (Fsp3) is 0.667. The topological polar surface area (TPSA) is 12.4 Å². The van der Waals surface area contributed by atoms with Crippen molar-refractivity contribution < 1.29 is 0 Å². The number of halogens is 3. The van der Waals surface area contributed by atoms with Crippen LogP contribution in [0.5, 0.6) is 0 Å². The van der Waals surface area contributed by atoms with Crippen molar-refractivity contribution in [3.05, 3.63) is 0 Å². The minimum absolute atomic E-state index is 0.340. The summed E-state index contributed by atoms with van der Waals surface area (Å²) in [5.74, 6) is 1.31. The highest BCUT2D eigenvalue weighted by Crippen LogP contribution is 2.08. The summed E-state index contributed by atoms with van der Waals surface area (Å²) in [6.45, 7) is 0. The Hall–Kier alpha value is 0.890. The van der Waals surface area contributed by atoms with Crippen molar-refractivity contribution in [3.63, 3.8) is 0 Å². The minimum atomic E-state index is 0.340. The van der Waals surface area contributed by atoms with Crippen LogP contribution in [0.25, 0.3) is 0 Å². The van der Waals surface area contributed by atoms with Gasteiger partial charge in [-0.1, -0.05) is 23.4 Å². The molecule has 1 nitrogen and oxygen atoms in total. The van der Waals surface area contributed by atoms with E-state index in [9.17, 15) is 0 Å². The Bertz CT molecular complexity index is 84.6. The van der Waals surface area contributed by atoms with Crippen molar-refractivity contribution >= 4 is 51.2 Å². The molecule has 0 saturated carbocycles. The average molecular weight is 192 g/mol.